The summed E-state index contributed by atoms with van der Waals surface area (Å²) in [5, 5.41) is 3.13. The van der Waals surface area contributed by atoms with Crippen LogP contribution in [0.25, 0.3) is 0 Å². The fraction of sp³-hybridized carbons (Fsp3) is 0.294. The quantitative estimate of drug-likeness (QED) is 0.621. The van der Waals surface area contributed by atoms with Gasteiger partial charge in [0.25, 0.3) is 0 Å². The van der Waals surface area contributed by atoms with Crippen LogP contribution in [-0.2, 0) is 0 Å². The minimum Gasteiger partial charge on any atom is -0.376 e. The summed E-state index contributed by atoms with van der Waals surface area (Å²) < 4.78 is 27.7. The standard InChI is InChI=1S/C17H18BrF2N/c1-2-3-9-16(12-7-5-4-6-8-12)21-17-11-14(19)13(18)10-15(17)20/h4-8,10-11,16,21H,2-3,9H2,1H3. The molecule has 0 radical (unpaired) electrons. The van der Waals surface area contributed by atoms with Crippen molar-refractivity contribution >= 4 is 21.6 Å². The van der Waals surface area contributed by atoms with Crippen molar-refractivity contribution in [1.29, 1.82) is 0 Å². The second kappa shape index (κ2) is 7.55. The molecule has 1 unspecified atom stereocenters. The number of unbranched alkanes of at least 4 members (excludes halogenated alkanes) is 1. The van der Waals surface area contributed by atoms with Gasteiger partial charge in [0.2, 0.25) is 0 Å². The van der Waals surface area contributed by atoms with Gasteiger partial charge in [-0.1, -0.05) is 50.1 Å². The number of nitrogens with one attached hydrogen (secondary N) is 1. The van der Waals surface area contributed by atoms with E-state index >= 15 is 0 Å². The summed E-state index contributed by atoms with van der Waals surface area (Å²) >= 11 is 2.99. The molecule has 0 bridgehead atoms. The Hall–Kier alpha value is -1.42. The van der Waals surface area contributed by atoms with E-state index < -0.39 is 11.6 Å². The van der Waals surface area contributed by atoms with Crippen molar-refractivity contribution in [2.45, 2.75) is 32.2 Å². The lowest BCUT2D eigenvalue weighted by Gasteiger charge is -2.21. The van der Waals surface area contributed by atoms with Gasteiger partial charge in [0.05, 0.1) is 16.2 Å². The molecule has 21 heavy (non-hydrogen) atoms. The van der Waals surface area contributed by atoms with Gasteiger partial charge in [-0.2, -0.15) is 0 Å². The Balaban J connectivity index is 2.25. The molecular formula is C17H18BrF2N. The summed E-state index contributed by atoms with van der Waals surface area (Å²) in [5.41, 5.74) is 1.27. The van der Waals surface area contributed by atoms with Crippen molar-refractivity contribution in [3.8, 4) is 0 Å². The van der Waals surface area contributed by atoms with Gasteiger partial charge in [0.15, 0.2) is 0 Å². The lowest BCUT2D eigenvalue weighted by atomic mass is 10.0. The summed E-state index contributed by atoms with van der Waals surface area (Å²) in [6, 6.07) is 12.2. The zero-order valence-corrected chi connectivity index (χ0v) is 13.5. The summed E-state index contributed by atoms with van der Waals surface area (Å²) in [5.74, 6) is -0.929. The van der Waals surface area contributed by atoms with Crippen molar-refractivity contribution < 1.29 is 8.78 Å². The molecule has 1 N–H and O–H groups in total. The zero-order chi connectivity index (χ0) is 15.2. The van der Waals surface area contributed by atoms with Crippen LogP contribution in [-0.4, -0.2) is 0 Å². The van der Waals surface area contributed by atoms with Gasteiger partial charge in [0, 0.05) is 6.07 Å². The fourth-order valence-electron chi connectivity index (χ4n) is 2.24. The molecule has 0 amide bonds. The molecule has 2 aromatic carbocycles. The van der Waals surface area contributed by atoms with Gasteiger partial charge >= 0.3 is 0 Å². The van der Waals surface area contributed by atoms with E-state index in [0.29, 0.717) is 0 Å². The second-order valence-corrected chi connectivity index (χ2v) is 5.85. The molecule has 0 aliphatic carbocycles. The van der Waals surface area contributed by atoms with Crippen LogP contribution in [0.2, 0.25) is 0 Å². The van der Waals surface area contributed by atoms with Crippen LogP contribution in [0.4, 0.5) is 14.5 Å². The van der Waals surface area contributed by atoms with Gasteiger partial charge < -0.3 is 5.32 Å². The van der Waals surface area contributed by atoms with Crippen LogP contribution in [0.3, 0.4) is 0 Å². The Kier molecular flexibility index (Phi) is 5.74. The monoisotopic (exact) mass is 353 g/mol. The van der Waals surface area contributed by atoms with Gasteiger partial charge in [0.1, 0.15) is 11.6 Å². The van der Waals surface area contributed by atoms with E-state index in [1.807, 2.05) is 30.3 Å². The largest absolute Gasteiger partial charge is 0.376 e. The Labute approximate surface area is 132 Å². The van der Waals surface area contributed by atoms with E-state index in [1.54, 1.807) is 0 Å². The smallest absolute Gasteiger partial charge is 0.147 e. The Morgan fingerprint density at radius 3 is 2.48 bits per heavy atom. The average Bonchev–Trinajstić information content (AvgIpc) is 2.49. The lowest BCUT2D eigenvalue weighted by molar-refractivity contribution is 0.586. The van der Waals surface area contributed by atoms with Crippen LogP contribution < -0.4 is 5.32 Å². The van der Waals surface area contributed by atoms with Gasteiger partial charge in [-0.3, -0.25) is 0 Å². The minimum absolute atomic E-state index is 0.0266. The summed E-state index contributed by atoms with van der Waals surface area (Å²) in [6.07, 6.45) is 2.95. The first-order chi connectivity index (χ1) is 10.1. The molecule has 0 aromatic heterocycles. The van der Waals surface area contributed by atoms with Gasteiger partial charge in [-0.05, 0) is 34.0 Å². The maximum Gasteiger partial charge on any atom is 0.147 e. The number of anilines is 1. The molecule has 0 heterocycles. The highest BCUT2D eigenvalue weighted by molar-refractivity contribution is 9.10. The number of hydrogen-bond donors (Lipinski definition) is 1. The van der Waals surface area contributed by atoms with Crippen molar-refractivity contribution in [2.24, 2.45) is 0 Å². The molecule has 0 spiro atoms. The topological polar surface area (TPSA) is 12.0 Å². The van der Waals surface area contributed by atoms with E-state index in [4.69, 9.17) is 0 Å². The third-order valence-electron chi connectivity index (χ3n) is 3.39. The van der Waals surface area contributed by atoms with Crippen LogP contribution in [0, 0.1) is 11.6 Å². The van der Waals surface area contributed by atoms with Crippen molar-refractivity contribution in [2.75, 3.05) is 5.32 Å². The third-order valence-corrected chi connectivity index (χ3v) is 4.00. The van der Waals surface area contributed by atoms with E-state index in [1.165, 1.54) is 6.07 Å². The Morgan fingerprint density at radius 2 is 1.81 bits per heavy atom. The van der Waals surface area contributed by atoms with E-state index in [9.17, 15) is 8.78 Å². The molecule has 0 aliphatic heterocycles. The third kappa shape index (κ3) is 4.27. The molecular weight excluding hydrogens is 336 g/mol. The first-order valence-corrected chi connectivity index (χ1v) is 7.87. The lowest BCUT2D eigenvalue weighted by Crippen LogP contribution is -2.12. The number of rotatable bonds is 6. The Morgan fingerprint density at radius 1 is 1.10 bits per heavy atom. The minimum atomic E-state index is -0.471. The highest BCUT2D eigenvalue weighted by Crippen LogP contribution is 2.29. The highest BCUT2D eigenvalue weighted by atomic mass is 79.9. The molecule has 4 heteroatoms. The van der Waals surface area contributed by atoms with Crippen LogP contribution in [0.15, 0.2) is 46.9 Å². The molecule has 0 saturated carbocycles. The molecule has 0 saturated heterocycles. The molecule has 1 nitrogen and oxygen atoms in total. The fourth-order valence-corrected chi connectivity index (χ4v) is 2.55. The molecule has 0 aliphatic rings. The maximum atomic E-state index is 14.0. The summed E-state index contributed by atoms with van der Waals surface area (Å²) in [7, 11) is 0. The van der Waals surface area contributed by atoms with Gasteiger partial charge in [-0.25, -0.2) is 8.78 Å². The van der Waals surface area contributed by atoms with E-state index in [2.05, 4.69) is 28.2 Å². The van der Waals surface area contributed by atoms with Crippen molar-refractivity contribution in [1.82, 2.24) is 0 Å². The maximum absolute atomic E-state index is 14.0. The van der Waals surface area contributed by atoms with Crippen LogP contribution >= 0.6 is 15.9 Å². The van der Waals surface area contributed by atoms with Crippen LogP contribution in [0.5, 0.6) is 0 Å². The Bertz CT molecular complexity index is 587. The van der Waals surface area contributed by atoms with Crippen molar-refractivity contribution in [3.63, 3.8) is 0 Å². The first-order valence-electron chi connectivity index (χ1n) is 7.08. The number of benzene rings is 2. The number of halogens is 3. The molecule has 0 fully saturated rings. The highest BCUT2D eigenvalue weighted by Gasteiger charge is 2.15. The van der Waals surface area contributed by atoms with Crippen LogP contribution in [0.1, 0.15) is 37.8 Å². The predicted octanol–water partition coefficient (Wildman–Crippen LogP) is 6.07. The zero-order valence-electron chi connectivity index (χ0n) is 11.9. The second-order valence-electron chi connectivity index (χ2n) is 5.00. The number of hydrogen-bond acceptors (Lipinski definition) is 1. The molecule has 2 rings (SSSR count). The summed E-state index contributed by atoms with van der Waals surface area (Å²) in [6.45, 7) is 2.11. The van der Waals surface area contributed by atoms with E-state index in [0.717, 1.165) is 30.9 Å². The average molecular weight is 354 g/mol. The molecule has 1 atom stereocenters. The predicted molar refractivity (Wildman–Crippen MR) is 86.4 cm³/mol. The van der Waals surface area contributed by atoms with E-state index in [-0.39, 0.29) is 16.2 Å². The van der Waals surface area contributed by atoms with Gasteiger partial charge in [-0.15, -0.1) is 0 Å². The normalized spacial score (nSPS) is 12.2. The first kappa shape index (κ1) is 16.0. The van der Waals surface area contributed by atoms with Crippen molar-refractivity contribution in [3.05, 3.63) is 64.1 Å². The summed E-state index contributed by atoms with van der Waals surface area (Å²) in [4.78, 5) is 0. The molecule has 112 valence electrons. The SMILES string of the molecule is CCCCC(Nc1cc(F)c(Br)cc1F)c1ccccc1. The molecule has 2 aromatic rings.